The van der Waals surface area contributed by atoms with Crippen molar-refractivity contribution in [1.29, 1.82) is 0 Å². The summed E-state index contributed by atoms with van der Waals surface area (Å²) in [4.78, 5) is 1.39. The highest BCUT2D eigenvalue weighted by atomic mass is 32.1. The number of fused-ring (bicyclic) bond motifs is 1. The van der Waals surface area contributed by atoms with E-state index in [-0.39, 0.29) is 5.82 Å². The Morgan fingerprint density at radius 3 is 2.84 bits per heavy atom. The molecule has 1 saturated carbocycles. The first-order valence-corrected chi connectivity index (χ1v) is 7.88. The van der Waals surface area contributed by atoms with Gasteiger partial charge in [0.15, 0.2) is 0 Å². The average Bonchev–Trinajstić information content (AvgIpc) is 3.11. The van der Waals surface area contributed by atoms with E-state index in [4.69, 9.17) is 0 Å². The molecule has 0 saturated heterocycles. The van der Waals surface area contributed by atoms with Gasteiger partial charge < -0.3 is 5.32 Å². The van der Waals surface area contributed by atoms with Crippen LogP contribution in [-0.2, 0) is 13.0 Å². The van der Waals surface area contributed by atoms with Gasteiger partial charge >= 0.3 is 0 Å². The Bertz CT molecular complexity index is 584. The van der Waals surface area contributed by atoms with Crippen molar-refractivity contribution in [2.45, 2.75) is 45.7 Å². The Morgan fingerprint density at radius 1 is 1.37 bits per heavy atom. The molecular weight excluding hydrogens is 257 g/mol. The van der Waals surface area contributed by atoms with Gasteiger partial charge in [-0.05, 0) is 48.3 Å². The van der Waals surface area contributed by atoms with Crippen LogP contribution < -0.4 is 5.32 Å². The molecule has 1 N–H and O–H groups in total. The van der Waals surface area contributed by atoms with Gasteiger partial charge in [0.25, 0.3) is 0 Å². The number of hydrogen-bond donors (Lipinski definition) is 1. The Kier molecular flexibility index (Phi) is 3.59. The topological polar surface area (TPSA) is 12.0 Å². The predicted octanol–water partition coefficient (Wildman–Crippen LogP) is 4.49. The van der Waals surface area contributed by atoms with E-state index in [1.807, 2.05) is 6.07 Å². The molecule has 1 aliphatic carbocycles. The first-order valence-electron chi connectivity index (χ1n) is 7.06. The van der Waals surface area contributed by atoms with Crippen molar-refractivity contribution < 1.29 is 4.39 Å². The van der Waals surface area contributed by atoms with Crippen molar-refractivity contribution in [3.8, 4) is 0 Å². The molecular formula is C16H20FNS. The van der Waals surface area contributed by atoms with Gasteiger partial charge in [-0.25, -0.2) is 4.39 Å². The van der Waals surface area contributed by atoms with E-state index in [1.165, 1.54) is 28.7 Å². The lowest BCUT2D eigenvalue weighted by Crippen LogP contribution is -2.15. The number of thiophene rings is 1. The monoisotopic (exact) mass is 277 g/mol. The maximum atomic E-state index is 13.4. The number of halogens is 1. The van der Waals surface area contributed by atoms with Crippen molar-refractivity contribution >= 4 is 21.4 Å². The Labute approximate surface area is 117 Å². The van der Waals surface area contributed by atoms with Gasteiger partial charge in [0.1, 0.15) is 5.82 Å². The molecule has 3 rings (SSSR count). The molecule has 0 aliphatic heterocycles. The van der Waals surface area contributed by atoms with E-state index in [9.17, 15) is 4.39 Å². The number of nitrogens with one attached hydrogen (secondary N) is 1. The van der Waals surface area contributed by atoms with Crippen LogP contribution in [0.4, 0.5) is 4.39 Å². The molecule has 19 heavy (non-hydrogen) atoms. The summed E-state index contributed by atoms with van der Waals surface area (Å²) in [5, 5.41) is 4.82. The highest BCUT2D eigenvalue weighted by molar-refractivity contribution is 7.19. The summed E-state index contributed by atoms with van der Waals surface area (Å²) in [7, 11) is 0. The highest BCUT2D eigenvalue weighted by Crippen LogP contribution is 2.34. The summed E-state index contributed by atoms with van der Waals surface area (Å²) in [5.41, 5.74) is 1.42. The Morgan fingerprint density at radius 2 is 2.16 bits per heavy atom. The molecule has 1 aromatic carbocycles. The molecule has 1 nitrogen and oxygen atoms in total. The standard InChI is InChI=1S/C16H20FNS/c1-10(2)7-14-13-6-3-11(17)8-15(13)19-16(14)9-18-12-4-5-12/h3,6,8,10,12,18H,4-5,7,9H2,1-2H3. The lowest BCUT2D eigenvalue weighted by molar-refractivity contribution is 0.629. The molecule has 0 amide bonds. The summed E-state index contributed by atoms with van der Waals surface area (Å²) in [6, 6.07) is 5.91. The fourth-order valence-corrected chi connectivity index (χ4v) is 3.68. The third-order valence-electron chi connectivity index (χ3n) is 3.58. The van der Waals surface area contributed by atoms with Gasteiger partial charge in [0.2, 0.25) is 0 Å². The summed E-state index contributed by atoms with van der Waals surface area (Å²) < 4.78 is 14.4. The van der Waals surface area contributed by atoms with Gasteiger partial charge in [-0.2, -0.15) is 0 Å². The van der Waals surface area contributed by atoms with E-state index in [1.54, 1.807) is 23.5 Å². The van der Waals surface area contributed by atoms with E-state index < -0.39 is 0 Å². The molecule has 2 aromatic rings. The normalized spacial score (nSPS) is 15.6. The van der Waals surface area contributed by atoms with E-state index in [0.29, 0.717) is 12.0 Å². The Hall–Kier alpha value is -0.930. The molecule has 0 unspecified atom stereocenters. The molecule has 1 heterocycles. The predicted molar refractivity (Wildman–Crippen MR) is 80.2 cm³/mol. The third kappa shape index (κ3) is 2.98. The maximum absolute atomic E-state index is 13.4. The minimum Gasteiger partial charge on any atom is -0.309 e. The lowest BCUT2D eigenvalue weighted by atomic mass is 10.00. The third-order valence-corrected chi connectivity index (χ3v) is 4.77. The fourth-order valence-electron chi connectivity index (χ4n) is 2.47. The van der Waals surface area contributed by atoms with Crippen molar-refractivity contribution in [1.82, 2.24) is 5.32 Å². The number of hydrogen-bond acceptors (Lipinski definition) is 2. The van der Waals surface area contributed by atoms with Gasteiger partial charge in [0.05, 0.1) is 0 Å². The quantitative estimate of drug-likeness (QED) is 0.849. The average molecular weight is 277 g/mol. The number of rotatable bonds is 5. The van der Waals surface area contributed by atoms with Crippen LogP contribution in [0.3, 0.4) is 0 Å². The minimum atomic E-state index is -0.133. The maximum Gasteiger partial charge on any atom is 0.124 e. The molecule has 1 aliphatic rings. The van der Waals surface area contributed by atoms with Crippen LogP contribution in [-0.4, -0.2) is 6.04 Å². The van der Waals surface area contributed by atoms with Crippen LogP contribution in [0.1, 0.15) is 37.1 Å². The minimum absolute atomic E-state index is 0.133. The first kappa shape index (κ1) is 13.1. The second-order valence-corrected chi connectivity index (χ2v) is 7.03. The lowest BCUT2D eigenvalue weighted by Gasteiger charge is -2.08. The van der Waals surface area contributed by atoms with Crippen LogP contribution in [0.25, 0.3) is 10.1 Å². The van der Waals surface area contributed by atoms with E-state index in [2.05, 4.69) is 19.2 Å². The van der Waals surface area contributed by atoms with Crippen LogP contribution in [0.5, 0.6) is 0 Å². The molecule has 1 aromatic heterocycles. The van der Waals surface area contributed by atoms with Crippen LogP contribution in [0.2, 0.25) is 0 Å². The van der Waals surface area contributed by atoms with Crippen molar-refractivity contribution in [2.75, 3.05) is 0 Å². The molecule has 0 radical (unpaired) electrons. The smallest absolute Gasteiger partial charge is 0.124 e. The van der Waals surface area contributed by atoms with Crippen molar-refractivity contribution in [2.24, 2.45) is 5.92 Å². The van der Waals surface area contributed by atoms with Crippen LogP contribution in [0, 0.1) is 11.7 Å². The van der Waals surface area contributed by atoms with Gasteiger partial charge in [-0.1, -0.05) is 19.9 Å². The molecule has 3 heteroatoms. The second kappa shape index (κ2) is 5.22. The van der Waals surface area contributed by atoms with Crippen LogP contribution in [0.15, 0.2) is 18.2 Å². The second-order valence-electron chi connectivity index (χ2n) is 5.90. The van der Waals surface area contributed by atoms with Gasteiger partial charge in [-0.15, -0.1) is 11.3 Å². The summed E-state index contributed by atoms with van der Waals surface area (Å²) >= 11 is 1.75. The largest absolute Gasteiger partial charge is 0.309 e. The molecule has 1 fully saturated rings. The Balaban J connectivity index is 1.96. The summed E-state index contributed by atoms with van der Waals surface area (Å²) in [5.74, 6) is 0.495. The van der Waals surface area contributed by atoms with E-state index >= 15 is 0 Å². The van der Waals surface area contributed by atoms with Crippen LogP contribution >= 0.6 is 11.3 Å². The zero-order valence-corrected chi connectivity index (χ0v) is 12.3. The molecule has 0 bridgehead atoms. The molecule has 102 valence electrons. The molecule has 0 spiro atoms. The fraction of sp³-hybridized carbons (Fsp3) is 0.500. The zero-order chi connectivity index (χ0) is 13.4. The van der Waals surface area contributed by atoms with Gasteiger partial charge in [-0.3, -0.25) is 0 Å². The highest BCUT2D eigenvalue weighted by Gasteiger charge is 2.21. The summed E-state index contributed by atoms with van der Waals surface area (Å²) in [6.45, 7) is 5.42. The van der Waals surface area contributed by atoms with Gasteiger partial charge in [0, 0.05) is 22.2 Å². The SMILES string of the molecule is CC(C)Cc1c(CNC2CC2)sc2cc(F)ccc12. The van der Waals surface area contributed by atoms with E-state index in [0.717, 1.165) is 17.7 Å². The first-order chi connectivity index (χ1) is 9.13. The van der Waals surface area contributed by atoms with Crippen molar-refractivity contribution in [3.63, 3.8) is 0 Å². The molecule has 0 atom stereocenters. The van der Waals surface area contributed by atoms with Crippen molar-refractivity contribution in [3.05, 3.63) is 34.5 Å². The summed E-state index contributed by atoms with van der Waals surface area (Å²) in [6.07, 6.45) is 3.69. The zero-order valence-electron chi connectivity index (χ0n) is 11.5. The number of benzene rings is 1.